The molecule has 0 aliphatic rings. The molecule has 0 saturated carbocycles. The zero-order valence-electron chi connectivity index (χ0n) is 7.21. The quantitative estimate of drug-likeness (QED) is 0.374. The fourth-order valence-corrected chi connectivity index (χ4v) is 1.06. The Hall–Kier alpha value is -1.86. The van der Waals surface area contributed by atoms with Gasteiger partial charge in [-0.15, -0.1) is 0 Å². The minimum absolute atomic E-state index is 0.0659. The molecule has 1 aromatic heterocycles. The van der Waals surface area contributed by atoms with Crippen molar-refractivity contribution >= 4 is 19.6 Å². The summed E-state index contributed by atoms with van der Waals surface area (Å²) in [5.41, 5.74) is 5.12. The van der Waals surface area contributed by atoms with Gasteiger partial charge >= 0.3 is 5.82 Å². The Balaban J connectivity index is 3.07. The lowest BCUT2D eigenvalue weighted by atomic mass is 10.0. The Labute approximate surface area is 80.5 Å². The van der Waals surface area contributed by atoms with Crippen molar-refractivity contribution in [2.24, 2.45) is 5.73 Å². The first kappa shape index (κ1) is 10.2. The normalized spacial score (nSPS) is 10.0. The van der Waals surface area contributed by atoms with Gasteiger partial charge in [-0.1, -0.05) is 0 Å². The predicted octanol–water partition coefficient (Wildman–Crippen LogP) is -1.05. The number of carbonyl (C=O) groups excluding carboxylic acids is 1. The predicted molar refractivity (Wildman–Crippen MR) is 47.5 cm³/mol. The summed E-state index contributed by atoms with van der Waals surface area (Å²) in [6.07, 6.45) is 1.11. The zero-order chi connectivity index (χ0) is 10.7. The van der Waals surface area contributed by atoms with Gasteiger partial charge in [0.25, 0.3) is 0 Å². The number of amides is 1. The van der Waals surface area contributed by atoms with Gasteiger partial charge in [0.05, 0.1) is 7.85 Å². The third-order valence-corrected chi connectivity index (χ3v) is 1.62. The topological polar surface area (TPSA) is 104 Å². The molecule has 0 saturated heterocycles. The van der Waals surface area contributed by atoms with Crippen LogP contribution in [0.5, 0.6) is 0 Å². The number of rotatable bonds is 4. The van der Waals surface area contributed by atoms with Gasteiger partial charge in [0.1, 0.15) is 12.2 Å². The van der Waals surface area contributed by atoms with Crippen LogP contribution in [0.4, 0.5) is 5.82 Å². The fraction of sp³-hybridized carbons (Fsp3) is 0.333. The van der Waals surface area contributed by atoms with E-state index in [9.17, 15) is 14.9 Å². The summed E-state index contributed by atoms with van der Waals surface area (Å²) in [6.45, 7) is -0.159. The molecule has 7 nitrogen and oxygen atoms in total. The summed E-state index contributed by atoms with van der Waals surface area (Å²) in [6, 6.07) is 0. The number of primary amides is 1. The van der Waals surface area contributed by atoms with E-state index >= 15 is 0 Å². The Morgan fingerprint density at radius 3 is 2.86 bits per heavy atom. The van der Waals surface area contributed by atoms with E-state index in [0.29, 0.717) is 0 Å². The van der Waals surface area contributed by atoms with Crippen LogP contribution in [0.15, 0.2) is 6.33 Å². The van der Waals surface area contributed by atoms with Gasteiger partial charge in [-0.25, -0.2) is 0 Å². The molecule has 1 amide bonds. The molecular weight excluding hydrogens is 187 g/mol. The number of imidazole rings is 1. The van der Waals surface area contributed by atoms with E-state index in [4.69, 9.17) is 13.6 Å². The van der Waals surface area contributed by atoms with Crippen molar-refractivity contribution in [3.63, 3.8) is 0 Å². The molecule has 0 fully saturated rings. The largest absolute Gasteiger partial charge is 0.384 e. The van der Waals surface area contributed by atoms with Crippen molar-refractivity contribution in [3.05, 3.63) is 22.1 Å². The monoisotopic (exact) mass is 194 g/mol. The molecule has 1 heterocycles. The molecule has 72 valence electrons. The van der Waals surface area contributed by atoms with Crippen molar-refractivity contribution in [1.82, 2.24) is 9.55 Å². The molecule has 0 spiro atoms. The van der Waals surface area contributed by atoms with Crippen LogP contribution >= 0.6 is 0 Å². The van der Waals surface area contributed by atoms with E-state index in [0.717, 1.165) is 0 Å². The van der Waals surface area contributed by atoms with Crippen molar-refractivity contribution in [2.45, 2.75) is 12.9 Å². The van der Waals surface area contributed by atoms with Crippen molar-refractivity contribution in [2.75, 3.05) is 0 Å². The SMILES string of the molecule is [B]Cc1c([N+](=O)[O-])ncn1CC(N)=O. The summed E-state index contributed by atoms with van der Waals surface area (Å²) in [5.74, 6) is -0.944. The summed E-state index contributed by atoms with van der Waals surface area (Å²) in [5, 5.41) is 10.4. The molecule has 0 atom stereocenters. The number of nitrogens with zero attached hydrogens (tertiary/aromatic N) is 3. The van der Waals surface area contributed by atoms with Crippen LogP contribution in [0.3, 0.4) is 0 Å². The van der Waals surface area contributed by atoms with Gasteiger partial charge in [0, 0.05) is 0 Å². The average Bonchev–Trinajstić information content (AvgIpc) is 2.46. The van der Waals surface area contributed by atoms with E-state index in [1.54, 1.807) is 0 Å². The first-order valence-electron chi connectivity index (χ1n) is 3.73. The molecule has 2 radical (unpaired) electrons. The number of carbonyl (C=O) groups is 1. The van der Waals surface area contributed by atoms with Crippen LogP contribution in [-0.2, 0) is 17.7 Å². The number of nitrogens with two attached hydrogens (primary N) is 1. The molecule has 0 bridgehead atoms. The van der Waals surface area contributed by atoms with Gasteiger partial charge in [-0.3, -0.25) is 9.36 Å². The zero-order valence-corrected chi connectivity index (χ0v) is 7.21. The third-order valence-electron chi connectivity index (χ3n) is 1.62. The van der Waals surface area contributed by atoms with E-state index in [1.165, 1.54) is 10.9 Å². The standard InChI is InChI=1S/C6H7BN4O3/c7-1-4-6(11(13)14)9-3-10(4)2-5(8)12/h3H,1-2H2,(H2,8,12). The maximum absolute atomic E-state index is 10.6. The molecule has 0 aliphatic heterocycles. The number of hydrogen-bond donors (Lipinski definition) is 1. The van der Waals surface area contributed by atoms with Crippen molar-refractivity contribution in [1.29, 1.82) is 0 Å². The van der Waals surface area contributed by atoms with Crippen LogP contribution < -0.4 is 5.73 Å². The average molecular weight is 194 g/mol. The molecular formula is C6H7BN4O3. The van der Waals surface area contributed by atoms with E-state index in [1.807, 2.05) is 0 Å². The second kappa shape index (κ2) is 3.90. The second-order valence-corrected chi connectivity index (χ2v) is 2.57. The van der Waals surface area contributed by atoms with E-state index in [-0.39, 0.29) is 24.4 Å². The first-order valence-corrected chi connectivity index (χ1v) is 3.73. The molecule has 8 heteroatoms. The smallest absolute Gasteiger partial charge is 0.368 e. The number of hydrogen-bond acceptors (Lipinski definition) is 4. The lowest BCUT2D eigenvalue weighted by molar-refractivity contribution is -0.390. The van der Waals surface area contributed by atoms with Crippen LogP contribution in [0, 0.1) is 10.1 Å². The van der Waals surface area contributed by atoms with Crippen LogP contribution in [-0.4, -0.2) is 28.2 Å². The van der Waals surface area contributed by atoms with Crippen LogP contribution in [0.1, 0.15) is 5.69 Å². The minimum atomic E-state index is -0.653. The second-order valence-electron chi connectivity index (χ2n) is 2.57. The molecule has 1 rings (SSSR count). The highest BCUT2D eigenvalue weighted by molar-refractivity contribution is 6.08. The molecule has 14 heavy (non-hydrogen) atoms. The molecule has 1 aromatic rings. The summed E-state index contributed by atoms with van der Waals surface area (Å²) >= 11 is 0. The highest BCUT2D eigenvalue weighted by Gasteiger charge is 2.19. The lowest BCUT2D eigenvalue weighted by Crippen LogP contribution is -2.19. The van der Waals surface area contributed by atoms with E-state index in [2.05, 4.69) is 4.98 Å². The van der Waals surface area contributed by atoms with E-state index < -0.39 is 10.8 Å². The lowest BCUT2D eigenvalue weighted by Gasteiger charge is -2.01. The van der Waals surface area contributed by atoms with Crippen LogP contribution in [0.2, 0.25) is 0 Å². The Bertz CT molecular complexity index is 375. The van der Waals surface area contributed by atoms with Crippen LogP contribution in [0.25, 0.3) is 0 Å². The fourth-order valence-electron chi connectivity index (χ4n) is 1.06. The minimum Gasteiger partial charge on any atom is -0.368 e. The highest BCUT2D eigenvalue weighted by atomic mass is 16.6. The maximum atomic E-state index is 10.6. The maximum Gasteiger partial charge on any atom is 0.384 e. The third kappa shape index (κ3) is 1.90. The number of aromatic nitrogens is 2. The van der Waals surface area contributed by atoms with Gasteiger partial charge < -0.3 is 15.8 Å². The molecule has 0 unspecified atom stereocenters. The number of nitro groups is 1. The van der Waals surface area contributed by atoms with Gasteiger partial charge in [0.2, 0.25) is 12.2 Å². The van der Waals surface area contributed by atoms with Gasteiger partial charge in [-0.05, 0) is 16.2 Å². The van der Waals surface area contributed by atoms with Gasteiger partial charge in [-0.2, -0.15) is 0 Å². The highest BCUT2D eigenvalue weighted by Crippen LogP contribution is 2.15. The van der Waals surface area contributed by atoms with Gasteiger partial charge in [0.15, 0.2) is 0 Å². The Kier molecular flexibility index (Phi) is 2.85. The summed E-state index contributed by atoms with van der Waals surface area (Å²) < 4.78 is 1.26. The Morgan fingerprint density at radius 2 is 2.43 bits per heavy atom. The molecule has 0 aliphatic carbocycles. The molecule has 2 N–H and O–H groups in total. The summed E-state index contributed by atoms with van der Waals surface area (Å²) in [4.78, 5) is 23.9. The first-order chi connectivity index (χ1) is 6.56. The van der Waals surface area contributed by atoms with Crippen molar-refractivity contribution in [3.8, 4) is 0 Å². The molecule has 0 aromatic carbocycles. The van der Waals surface area contributed by atoms with Crippen molar-refractivity contribution < 1.29 is 9.72 Å². The Morgan fingerprint density at radius 1 is 1.79 bits per heavy atom. The summed E-state index contributed by atoms with van der Waals surface area (Å²) in [7, 11) is 5.29.